The van der Waals surface area contributed by atoms with Crippen LogP contribution in [0, 0.1) is 11.3 Å². The molecule has 6 nitrogen and oxygen atoms in total. The lowest BCUT2D eigenvalue weighted by molar-refractivity contribution is -0.151. The van der Waals surface area contributed by atoms with Crippen LogP contribution in [0.3, 0.4) is 0 Å². The van der Waals surface area contributed by atoms with Gasteiger partial charge < -0.3 is 20.9 Å². The molecule has 6 heteroatoms. The molecule has 0 aromatic heterocycles. The van der Waals surface area contributed by atoms with Gasteiger partial charge in [-0.1, -0.05) is 6.92 Å². The van der Waals surface area contributed by atoms with Gasteiger partial charge in [-0.3, -0.25) is 9.59 Å². The predicted molar refractivity (Wildman–Crippen MR) is 75.2 cm³/mol. The maximum Gasteiger partial charge on any atom is 0.311 e. The number of methoxy groups -OCH3 is 1. The van der Waals surface area contributed by atoms with Crippen LogP contribution in [0.1, 0.15) is 39.0 Å². The number of carboxylic acid groups (broad SMARTS) is 1. The van der Waals surface area contributed by atoms with Gasteiger partial charge in [0.15, 0.2) is 0 Å². The number of nitrogens with one attached hydrogen (secondary N) is 1. The highest BCUT2D eigenvalue weighted by Crippen LogP contribution is 2.38. The second-order valence-corrected chi connectivity index (χ2v) is 5.84. The zero-order valence-corrected chi connectivity index (χ0v) is 12.4. The Morgan fingerprint density at radius 2 is 2.05 bits per heavy atom. The molecule has 1 amide bonds. The molecular weight excluding hydrogens is 260 g/mol. The van der Waals surface area contributed by atoms with Gasteiger partial charge in [0.25, 0.3) is 0 Å². The molecule has 1 aliphatic rings. The summed E-state index contributed by atoms with van der Waals surface area (Å²) in [6.45, 7) is 2.59. The van der Waals surface area contributed by atoms with E-state index in [2.05, 4.69) is 12.2 Å². The number of hydrogen-bond donors (Lipinski definition) is 3. The molecule has 0 heterocycles. The molecule has 20 heavy (non-hydrogen) atoms. The molecule has 1 fully saturated rings. The van der Waals surface area contributed by atoms with Crippen LogP contribution in [0.5, 0.6) is 0 Å². The highest BCUT2D eigenvalue weighted by Gasteiger charge is 2.41. The lowest BCUT2D eigenvalue weighted by Crippen LogP contribution is -2.46. The van der Waals surface area contributed by atoms with E-state index in [9.17, 15) is 14.7 Å². The normalized spacial score (nSPS) is 27.9. The first-order valence-electron chi connectivity index (χ1n) is 7.16. The summed E-state index contributed by atoms with van der Waals surface area (Å²) in [5, 5.41) is 12.2. The van der Waals surface area contributed by atoms with Gasteiger partial charge in [0.2, 0.25) is 5.91 Å². The minimum absolute atomic E-state index is 0.166. The number of rotatable bonds is 7. The number of aliphatic carboxylic acids is 1. The number of ether oxygens (including phenoxy) is 1. The summed E-state index contributed by atoms with van der Waals surface area (Å²) in [5.41, 5.74) is 4.65. The standard InChI is InChI=1S/C14H26N2O4/c1-10-3-5-14(6-4-10,13(18)19)9-16-12(17)7-11(8-15)20-2/h10-11H,3-9,15H2,1-2H3,(H,16,17)(H,18,19). The first-order valence-corrected chi connectivity index (χ1v) is 7.16. The maximum atomic E-state index is 11.8. The van der Waals surface area contributed by atoms with Crippen molar-refractivity contribution in [3.05, 3.63) is 0 Å². The van der Waals surface area contributed by atoms with E-state index in [1.165, 1.54) is 7.11 Å². The van der Waals surface area contributed by atoms with E-state index in [1.807, 2.05) is 0 Å². The summed E-state index contributed by atoms with van der Waals surface area (Å²) in [6.07, 6.45) is 2.88. The molecular formula is C14H26N2O4. The first-order chi connectivity index (χ1) is 9.43. The van der Waals surface area contributed by atoms with Gasteiger partial charge in [0.1, 0.15) is 0 Å². The van der Waals surface area contributed by atoms with E-state index >= 15 is 0 Å². The molecule has 0 spiro atoms. The van der Waals surface area contributed by atoms with Gasteiger partial charge >= 0.3 is 5.97 Å². The molecule has 1 saturated carbocycles. The number of carbonyl (C=O) groups excluding carboxylic acids is 1. The third-order valence-corrected chi connectivity index (χ3v) is 4.32. The molecule has 1 atom stereocenters. The Balaban J connectivity index is 2.51. The molecule has 0 aromatic carbocycles. The average molecular weight is 286 g/mol. The van der Waals surface area contributed by atoms with Crippen molar-refractivity contribution in [3.63, 3.8) is 0 Å². The van der Waals surface area contributed by atoms with Crippen LogP contribution in [0.25, 0.3) is 0 Å². The van der Waals surface area contributed by atoms with Crippen LogP contribution in [-0.4, -0.2) is 43.3 Å². The largest absolute Gasteiger partial charge is 0.481 e. The molecule has 0 aromatic rings. The number of carbonyl (C=O) groups is 2. The van der Waals surface area contributed by atoms with E-state index < -0.39 is 11.4 Å². The maximum absolute atomic E-state index is 11.8. The lowest BCUT2D eigenvalue weighted by atomic mass is 9.71. The van der Waals surface area contributed by atoms with Crippen molar-refractivity contribution in [2.75, 3.05) is 20.2 Å². The highest BCUT2D eigenvalue weighted by molar-refractivity contribution is 5.79. The summed E-state index contributed by atoms with van der Waals surface area (Å²) in [5.74, 6) is -0.457. The van der Waals surface area contributed by atoms with Gasteiger partial charge in [-0.05, 0) is 31.6 Å². The van der Waals surface area contributed by atoms with Crippen LogP contribution in [-0.2, 0) is 14.3 Å². The number of amides is 1. The SMILES string of the molecule is COC(CN)CC(=O)NCC1(C(=O)O)CCC(C)CC1. The van der Waals surface area contributed by atoms with E-state index in [0.29, 0.717) is 18.8 Å². The fourth-order valence-corrected chi connectivity index (χ4v) is 2.59. The molecule has 0 saturated heterocycles. The van der Waals surface area contributed by atoms with Crippen molar-refractivity contribution >= 4 is 11.9 Å². The predicted octanol–water partition coefficient (Wildman–Crippen LogP) is 0.748. The first kappa shape index (κ1) is 16.9. The number of nitrogens with two attached hydrogens (primary N) is 1. The summed E-state index contributed by atoms with van der Waals surface area (Å²) in [7, 11) is 1.51. The van der Waals surface area contributed by atoms with Crippen molar-refractivity contribution in [1.82, 2.24) is 5.32 Å². The molecule has 0 radical (unpaired) electrons. The van der Waals surface area contributed by atoms with Crippen molar-refractivity contribution < 1.29 is 19.4 Å². The van der Waals surface area contributed by atoms with Gasteiger partial charge in [-0.2, -0.15) is 0 Å². The Bertz CT molecular complexity index is 334. The van der Waals surface area contributed by atoms with Gasteiger partial charge in [-0.25, -0.2) is 0 Å². The zero-order valence-electron chi connectivity index (χ0n) is 12.4. The lowest BCUT2D eigenvalue weighted by Gasteiger charge is -2.35. The third-order valence-electron chi connectivity index (χ3n) is 4.32. The Morgan fingerprint density at radius 1 is 1.45 bits per heavy atom. The summed E-state index contributed by atoms with van der Waals surface area (Å²) in [4.78, 5) is 23.3. The molecule has 1 unspecified atom stereocenters. The molecule has 116 valence electrons. The summed E-state index contributed by atoms with van der Waals surface area (Å²) in [6, 6.07) is 0. The highest BCUT2D eigenvalue weighted by atomic mass is 16.5. The van der Waals surface area contributed by atoms with Crippen LogP contribution >= 0.6 is 0 Å². The van der Waals surface area contributed by atoms with Gasteiger partial charge in [0.05, 0.1) is 17.9 Å². The topological polar surface area (TPSA) is 102 Å². The molecule has 1 rings (SSSR count). The molecule has 4 N–H and O–H groups in total. The smallest absolute Gasteiger partial charge is 0.311 e. The van der Waals surface area contributed by atoms with Crippen molar-refractivity contribution in [1.29, 1.82) is 0 Å². The molecule has 1 aliphatic carbocycles. The Labute approximate surface area is 120 Å². The van der Waals surface area contributed by atoms with Gasteiger partial charge in [-0.15, -0.1) is 0 Å². The minimum Gasteiger partial charge on any atom is -0.481 e. The number of carboxylic acids is 1. The van der Waals surface area contributed by atoms with E-state index in [-0.39, 0.29) is 31.5 Å². The second-order valence-electron chi connectivity index (χ2n) is 5.84. The van der Waals surface area contributed by atoms with E-state index in [1.54, 1.807) is 0 Å². The second kappa shape index (κ2) is 7.59. The fourth-order valence-electron chi connectivity index (χ4n) is 2.59. The van der Waals surface area contributed by atoms with E-state index in [0.717, 1.165) is 12.8 Å². The number of hydrogen-bond acceptors (Lipinski definition) is 4. The summed E-state index contributed by atoms with van der Waals surface area (Å²) < 4.78 is 5.05. The van der Waals surface area contributed by atoms with E-state index in [4.69, 9.17) is 10.5 Å². The Hall–Kier alpha value is -1.14. The Kier molecular flexibility index (Phi) is 6.42. The quantitative estimate of drug-likeness (QED) is 0.641. The monoisotopic (exact) mass is 286 g/mol. The van der Waals surface area contributed by atoms with Crippen LogP contribution in [0.15, 0.2) is 0 Å². The van der Waals surface area contributed by atoms with Crippen LogP contribution in [0.2, 0.25) is 0 Å². The fraction of sp³-hybridized carbons (Fsp3) is 0.857. The third kappa shape index (κ3) is 4.45. The average Bonchev–Trinajstić information content (AvgIpc) is 2.44. The zero-order chi connectivity index (χ0) is 15.2. The van der Waals surface area contributed by atoms with Crippen LogP contribution < -0.4 is 11.1 Å². The molecule has 0 aliphatic heterocycles. The van der Waals surface area contributed by atoms with Crippen molar-refractivity contribution in [2.24, 2.45) is 17.1 Å². The summed E-state index contributed by atoms with van der Waals surface area (Å²) >= 11 is 0. The minimum atomic E-state index is -0.813. The molecule has 0 bridgehead atoms. The van der Waals surface area contributed by atoms with Crippen LogP contribution in [0.4, 0.5) is 0 Å². The Morgan fingerprint density at radius 3 is 2.50 bits per heavy atom. The van der Waals surface area contributed by atoms with Crippen molar-refractivity contribution in [3.8, 4) is 0 Å². The van der Waals surface area contributed by atoms with Crippen molar-refractivity contribution in [2.45, 2.75) is 45.1 Å². The van der Waals surface area contributed by atoms with Gasteiger partial charge in [0, 0.05) is 20.2 Å².